The number of aryl methyl sites for hydroxylation is 4. The molecule has 0 unspecified atom stereocenters. The largest absolute Gasteiger partial charge is 0.493 e. The highest BCUT2D eigenvalue weighted by Crippen LogP contribution is 2.62. The summed E-state index contributed by atoms with van der Waals surface area (Å²) in [4.78, 5) is 0. The number of para-hydroxylation sites is 2. The maximum atomic E-state index is 13.5. The SMILES string of the molecule is Cc1cccc(C)c1OP(=O)(Oc1c(C)cccc1C)SC(C)C. The maximum absolute atomic E-state index is 13.5. The lowest BCUT2D eigenvalue weighted by molar-refractivity contribution is 0.403. The van der Waals surface area contributed by atoms with Gasteiger partial charge >= 0.3 is 6.80 Å². The van der Waals surface area contributed by atoms with Gasteiger partial charge in [0, 0.05) is 5.25 Å². The quantitative estimate of drug-likeness (QED) is 0.539. The van der Waals surface area contributed by atoms with Crippen LogP contribution in [0.4, 0.5) is 0 Å². The van der Waals surface area contributed by atoms with Crippen LogP contribution in [0.25, 0.3) is 0 Å². The van der Waals surface area contributed by atoms with Gasteiger partial charge in [-0.25, -0.2) is 4.57 Å². The van der Waals surface area contributed by atoms with E-state index in [1.54, 1.807) is 0 Å². The van der Waals surface area contributed by atoms with Crippen LogP contribution in [-0.2, 0) is 4.57 Å². The highest BCUT2D eigenvalue weighted by molar-refractivity contribution is 8.55. The van der Waals surface area contributed by atoms with Gasteiger partial charge in [0.2, 0.25) is 0 Å². The topological polar surface area (TPSA) is 35.5 Å². The summed E-state index contributed by atoms with van der Waals surface area (Å²) in [6.07, 6.45) is 0. The van der Waals surface area contributed by atoms with Crippen molar-refractivity contribution in [1.29, 1.82) is 0 Å². The molecule has 0 atom stereocenters. The minimum atomic E-state index is -3.41. The Balaban J connectivity index is 2.42. The molecule has 0 N–H and O–H groups in total. The Morgan fingerprint density at radius 3 is 1.42 bits per heavy atom. The van der Waals surface area contributed by atoms with Gasteiger partial charge in [0.1, 0.15) is 11.5 Å². The van der Waals surface area contributed by atoms with E-state index in [4.69, 9.17) is 9.05 Å². The van der Waals surface area contributed by atoms with Gasteiger partial charge in [0.15, 0.2) is 0 Å². The summed E-state index contributed by atoms with van der Waals surface area (Å²) in [6, 6.07) is 11.7. The average molecular weight is 364 g/mol. The van der Waals surface area contributed by atoms with Crippen LogP contribution in [0.3, 0.4) is 0 Å². The Bertz CT molecular complexity index is 673. The van der Waals surface area contributed by atoms with Gasteiger partial charge < -0.3 is 9.05 Å². The van der Waals surface area contributed by atoms with E-state index in [2.05, 4.69) is 0 Å². The molecular formula is C19H25O3PS. The summed E-state index contributed by atoms with van der Waals surface area (Å²) < 4.78 is 25.5. The molecule has 2 rings (SSSR count). The van der Waals surface area contributed by atoms with E-state index in [1.165, 1.54) is 11.4 Å². The molecule has 2 aromatic rings. The van der Waals surface area contributed by atoms with Crippen LogP contribution in [0.15, 0.2) is 36.4 Å². The summed E-state index contributed by atoms with van der Waals surface area (Å²) in [6.45, 7) is 8.36. The van der Waals surface area contributed by atoms with E-state index in [1.807, 2.05) is 77.9 Å². The van der Waals surface area contributed by atoms with Gasteiger partial charge in [-0.15, -0.1) is 0 Å². The molecule has 0 spiro atoms. The summed E-state index contributed by atoms with van der Waals surface area (Å²) >= 11 is 1.24. The van der Waals surface area contributed by atoms with Gasteiger partial charge in [-0.3, -0.25) is 0 Å². The maximum Gasteiger partial charge on any atom is 0.493 e. The van der Waals surface area contributed by atoms with Crippen molar-refractivity contribution in [1.82, 2.24) is 0 Å². The lowest BCUT2D eigenvalue weighted by atomic mass is 10.1. The summed E-state index contributed by atoms with van der Waals surface area (Å²) in [7, 11) is 0. The minimum absolute atomic E-state index is 0.115. The van der Waals surface area contributed by atoms with E-state index in [0.29, 0.717) is 11.5 Å². The first-order valence-electron chi connectivity index (χ1n) is 8.02. The monoisotopic (exact) mass is 364 g/mol. The smallest absolute Gasteiger partial charge is 0.408 e. The fourth-order valence-electron chi connectivity index (χ4n) is 2.43. The van der Waals surface area contributed by atoms with Gasteiger partial charge in [-0.05, 0) is 61.3 Å². The van der Waals surface area contributed by atoms with Crippen molar-refractivity contribution in [2.45, 2.75) is 46.8 Å². The summed E-state index contributed by atoms with van der Waals surface area (Å²) in [5.41, 5.74) is 3.80. The number of benzene rings is 2. The molecule has 0 fully saturated rings. The molecule has 2 aromatic carbocycles. The van der Waals surface area contributed by atoms with Crippen molar-refractivity contribution in [2.75, 3.05) is 0 Å². The summed E-state index contributed by atoms with van der Waals surface area (Å²) in [5, 5.41) is 0.115. The standard InChI is InChI=1S/C19H25O3PS/c1-13(2)24-23(20,21-18-14(3)9-7-10-15(18)4)22-19-16(5)11-8-12-17(19)6/h7-13H,1-6H3. The number of hydrogen-bond donors (Lipinski definition) is 0. The van der Waals surface area contributed by atoms with E-state index >= 15 is 0 Å². The fraction of sp³-hybridized carbons (Fsp3) is 0.368. The molecule has 0 aliphatic heterocycles. The van der Waals surface area contributed by atoms with Crippen LogP contribution >= 0.6 is 18.2 Å². The molecule has 0 bridgehead atoms. The van der Waals surface area contributed by atoms with Crippen molar-refractivity contribution in [3.63, 3.8) is 0 Å². The Morgan fingerprint density at radius 1 is 0.792 bits per heavy atom. The minimum Gasteiger partial charge on any atom is -0.408 e. The lowest BCUT2D eigenvalue weighted by Gasteiger charge is -2.24. The van der Waals surface area contributed by atoms with Crippen LogP contribution < -0.4 is 9.05 Å². The highest BCUT2D eigenvalue weighted by Gasteiger charge is 2.33. The van der Waals surface area contributed by atoms with Crippen molar-refractivity contribution in [3.8, 4) is 11.5 Å². The Kier molecular flexibility index (Phi) is 6.06. The lowest BCUT2D eigenvalue weighted by Crippen LogP contribution is -2.04. The van der Waals surface area contributed by atoms with Gasteiger partial charge in [-0.1, -0.05) is 50.2 Å². The predicted octanol–water partition coefficient (Wildman–Crippen LogP) is 6.63. The molecule has 5 heteroatoms. The predicted molar refractivity (Wildman–Crippen MR) is 103 cm³/mol. The highest BCUT2D eigenvalue weighted by atomic mass is 32.7. The fourth-order valence-corrected chi connectivity index (χ4v) is 6.35. The molecule has 0 aliphatic rings. The molecule has 0 radical (unpaired) electrons. The molecule has 0 heterocycles. The zero-order valence-corrected chi connectivity index (χ0v) is 16.8. The molecule has 3 nitrogen and oxygen atoms in total. The third-order valence-electron chi connectivity index (χ3n) is 3.56. The molecule has 0 amide bonds. The third-order valence-corrected chi connectivity index (χ3v) is 7.54. The van der Waals surface area contributed by atoms with Crippen LogP contribution in [-0.4, -0.2) is 5.25 Å². The van der Waals surface area contributed by atoms with E-state index in [0.717, 1.165) is 22.3 Å². The van der Waals surface area contributed by atoms with Gasteiger partial charge in [0.25, 0.3) is 0 Å². The van der Waals surface area contributed by atoms with Gasteiger partial charge in [0.05, 0.1) is 0 Å². The van der Waals surface area contributed by atoms with E-state index in [9.17, 15) is 4.57 Å². The van der Waals surface area contributed by atoms with Crippen LogP contribution in [0.1, 0.15) is 36.1 Å². The van der Waals surface area contributed by atoms with Crippen molar-refractivity contribution in [2.24, 2.45) is 0 Å². The second kappa shape index (κ2) is 7.67. The first kappa shape index (κ1) is 19.0. The van der Waals surface area contributed by atoms with Gasteiger partial charge in [-0.2, -0.15) is 0 Å². The first-order valence-corrected chi connectivity index (χ1v) is 11.0. The Labute approximate surface area is 149 Å². The number of hydrogen-bond acceptors (Lipinski definition) is 4. The zero-order valence-electron chi connectivity index (χ0n) is 15.1. The summed E-state index contributed by atoms with van der Waals surface area (Å²) in [5.74, 6) is 1.28. The molecule has 24 heavy (non-hydrogen) atoms. The van der Waals surface area contributed by atoms with E-state index in [-0.39, 0.29) is 5.25 Å². The van der Waals surface area contributed by atoms with Crippen LogP contribution in [0.2, 0.25) is 0 Å². The van der Waals surface area contributed by atoms with Crippen molar-refractivity contribution < 1.29 is 13.6 Å². The Hall–Kier alpha value is -1.38. The first-order chi connectivity index (χ1) is 11.2. The molecular weight excluding hydrogens is 339 g/mol. The molecule has 0 aromatic heterocycles. The third kappa shape index (κ3) is 4.58. The van der Waals surface area contributed by atoms with Crippen molar-refractivity contribution in [3.05, 3.63) is 58.7 Å². The normalized spacial score (nSPS) is 11.6. The Morgan fingerprint density at radius 2 is 1.12 bits per heavy atom. The number of rotatable bonds is 6. The molecule has 0 saturated carbocycles. The second-order valence-corrected chi connectivity index (χ2v) is 10.6. The van der Waals surface area contributed by atoms with E-state index < -0.39 is 6.80 Å². The second-order valence-electron chi connectivity index (χ2n) is 6.23. The van der Waals surface area contributed by atoms with Crippen LogP contribution in [0, 0.1) is 27.7 Å². The molecule has 0 saturated heterocycles. The van der Waals surface area contributed by atoms with Crippen LogP contribution in [0.5, 0.6) is 11.5 Å². The zero-order chi connectivity index (χ0) is 17.9. The molecule has 130 valence electrons. The van der Waals surface area contributed by atoms with Crippen molar-refractivity contribution >= 4 is 18.2 Å². The average Bonchev–Trinajstić information content (AvgIpc) is 2.47. The molecule has 0 aliphatic carbocycles.